The van der Waals surface area contributed by atoms with E-state index in [0.29, 0.717) is 19.1 Å². The Balaban J connectivity index is 0.00000200. The van der Waals surface area contributed by atoms with Crippen molar-refractivity contribution in [3.63, 3.8) is 0 Å². The first-order valence-electron chi connectivity index (χ1n) is 6.53. The van der Waals surface area contributed by atoms with Gasteiger partial charge in [0.15, 0.2) is 0 Å². The molecule has 1 heterocycles. The molecule has 0 unspecified atom stereocenters. The number of nitrogens with zero attached hydrogens (tertiary/aromatic N) is 1. The van der Waals surface area contributed by atoms with Crippen molar-refractivity contribution in [1.82, 2.24) is 4.90 Å². The molecule has 1 saturated heterocycles. The van der Waals surface area contributed by atoms with Crippen LogP contribution in [0.3, 0.4) is 0 Å². The molecule has 0 saturated carbocycles. The summed E-state index contributed by atoms with van der Waals surface area (Å²) in [5, 5.41) is 0. The maximum atomic E-state index is 12.4. The van der Waals surface area contributed by atoms with Gasteiger partial charge in [0, 0.05) is 12.5 Å². The average molecular weight is 418 g/mol. The minimum absolute atomic E-state index is 0. The number of hydrogen-bond acceptors (Lipinski definition) is 2. The maximum Gasteiger partial charge on any atom is 0.251 e. The van der Waals surface area contributed by atoms with Crippen LogP contribution in [0.25, 0.3) is 0 Å². The number of piperidine rings is 1. The van der Waals surface area contributed by atoms with Gasteiger partial charge in [-0.15, -0.1) is 12.4 Å². The monoisotopic (exact) mass is 417 g/mol. The summed E-state index contributed by atoms with van der Waals surface area (Å²) in [5.41, 5.74) is 0. The number of para-hydroxylation sites is 1. The van der Waals surface area contributed by atoms with Crippen LogP contribution < -0.4 is 4.74 Å². The SMILES string of the molecule is Cl.FC(F)CN1CCC[C@H](COc2ccccc2I)C1. The second-order valence-corrected chi connectivity index (χ2v) is 6.06. The molecule has 0 N–H and O–H groups in total. The van der Waals surface area contributed by atoms with Crippen LogP contribution in [-0.4, -0.2) is 37.6 Å². The van der Waals surface area contributed by atoms with Crippen LogP contribution in [0.5, 0.6) is 5.75 Å². The van der Waals surface area contributed by atoms with Crippen molar-refractivity contribution in [3.05, 3.63) is 27.8 Å². The van der Waals surface area contributed by atoms with Crippen LogP contribution in [0, 0.1) is 9.49 Å². The quantitative estimate of drug-likeness (QED) is 0.670. The van der Waals surface area contributed by atoms with Gasteiger partial charge in [0.1, 0.15) is 5.75 Å². The molecule has 0 spiro atoms. The third-order valence-corrected chi connectivity index (χ3v) is 4.20. The van der Waals surface area contributed by atoms with E-state index < -0.39 is 6.43 Å². The normalized spacial score (nSPS) is 19.7. The molecule has 2 rings (SSSR count). The van der Waals surface area contributed by atoms with E-state index in [1.54, 1.807) is 0 Å². The molecule has 0 aliphatic carbocycles. The Labute approximate surface area is 138 Å². The fourth-order valence-corrected chi connectivity index (χ4v) is 2.96. The molecule has 1 aliphatic rings. The molecular formula is C14H19ClF2INO. The number of alkyl halides is 2. The van der Waals surface area contributed by atoms with Gasteiger partial charge < -0.3 is 4.74 Å². The molecule has 1 fully saturated rings. The van der Waals surface area contributed by atoms with Crippen LogP contribution in [0.15, 0.2) is 24.3 Å². The summed E-state index contributed by atoms with van der Waals surface area (Å²) in [6.07, 6.45) is -0.204. The van der Waals surface area contributed by atoms with Crippen molar-refractivity contribution >= 4 is 35.0 Å². The van der Waals surface area contributed by atoms with Crippen molar-refractivity contribution in [3.8, 4) is 5.75 Å². The van der Waals surface area contributed by atoms with Crippen LogP contribution >= 0.6 is 35.0 Å². The fraction of sp³-hybridized carbons (Fsp3) is 0.571. The molecular weight excluding hydrogens is 399 g/mol. The van der Waals surface area contributed by atoms with Crippen LogP contribution in [-0.2, 0) is 0 Å². The summed E-state index contributed by atoms with van der Waals surface area (Å²) in [5.74, 6) is 1.23. The molecule has 0 radical (unpaired) electrons. The Kier molecular flexibility index (Phi) is 8.06. The minimum atomic E-state index is -2.24. The number of ether oxygens (including phenoxy) is 1. The lowest BCUT2D eigenvalue weighted by atomic mass is 9.99. The van der Waals surface area contributed by atoms with E-state index in [1.807, 2.05) is 29.2 Å². The highest BCUT2D eigenvalue weighted by Crippen LogP contribution is 2.23. The van der Waals surface area contributed by atoms with Gasteiger partial charge in [0.2, 0.25) is 0 Å². The zero-order valence-electron chi connectivity index (χ0n) is 11.1. The second-order valence-electron chi connectivity index (χ2n) is 4.90. The zero-order valence-corrected chi connectivity index (χ0v) is 14.1. The highest BCUT2D eigenvalue weighted by molar-refractivity contribution is 14.1. The molecule has 0 aromatic heterocycles. The van der Waals surface area contributed by atoms with Crippen molar-refractivity contribution in [1.29, 1.82) is 0 Å². The van der Waals surface area contributed by atoms with Gasteiger partial charge in [0.25, 0.3) is 6.43 Å². The Morgan fingerprint density at radius 3 is 2.80 bits per heavy atom. The van der Waals surface area contributed by atoms with E-state index in [9.17, 15) is 8.78 Å². The topological polar surface area (TPSA) is 12.5 Å². The molecule has 114 valence electrons. The van der Waals surface area contributed by atoms with Gasteiger partial charge in [0.05, 0.1) is 16.7 Å². The van der Waals surface area contributed by atoms with Crippen molar-refractivity contribution in [2.45, 2.75) is 19.3 Å². The van der Waals surface area contributed by atoms with E-state index >= 15 is 0 Å². The van der Waals surface area contributed by atoms with Gasteiger partial charge in [-0.2, -0.15) is 0 Å². The lowest BCUT2D eigenvalue weighted by Gasteiger charge is -2.32. The highest BCUT2D eigenvalue weighted by Gasteiger charge is 2.22. The van der Waals surface area contributed by atoms with Gasteiger partial charge in [-0.25, -0.2) is 8.78 Å². The molecule has 20 heavy (non-hydrogen) atoms. The smallest absolute Gasteiger partial charge is 0.251 e. The minimum Gasteiger partial charge on any atom is -0.492 e. The predicted molar refractivity (Wildman–Crippen MR) is 87.1 cm³/mol. The first-order valence-corrected chi connectivity index (χ1v) is 7.61. The van der Waals surface area contributed by atoms with Crippen LogP contribution in [0.2, 0.25) is 0 Å². The number of hydrogen-bond donors (Lipinski definition) is 0. The fourth-order valence-electron chi connectivity index (χ4n) is 2.42. The summed E-state index contributed by atoms with van der Waals surface area (Å²) in [4.78, 5) is 1.85. The average Bonchev–Trinajstić information content (AvgIpc) is 2.37. The molecule has 1 aromatic rings. The third kappa shape index (κ3) is 5.69. The molecule has 1 aromatic carbocycles. The van der Waals surface area contributed by atoms with Gasteiger partial charge >= 0.3 is 0 Å². The molecule has 1 atom stereocenters. The maximum absolute atomic E-state index is 12.4. The van der Waals surface area contributed by atoms with Crippen molar-refractivity contribution < 1.29 is 13.5 Å². The van der Waals surface area contributed by atoms with E-state index in [-0.39, 0.29) is 19.0 Å². The van der Waals surface area contributed by atoms with Crippen LogP contribution in [0.1, 0.15) is 12.8 Å². The molecule has 0 bridgehead atoms. The van der Waals surface area contributed by atoms with E-state index in [1.165, 1.54) is 0 Å². The number of likely N-dealkylation sites (tertiary alicyclic amines) is 1. The Morgan fingerprint density at radius 1 is 1.35 bits per heavy atom. The highest BCUT2D eigenvalue weighted by atomic mass is 127. The summed E-state index contributed by atoms with van der Waals surface area (Å²) >= 11 is 2.24. The first kappa shape index (κ1) is 17.9. The van der Waals surface area contributed by atoms with Crippen LogP contribution in [0.4, 0.5) is 8.78 Å². The lowest BCUT2D eigenvalue weighted by Crippen LogP contribution is -2.40. The van der Waals surface area contributed by atoms with E-state index in [0.717, 1.165) is 28.7 Å². The molecule has 0 amide bonds. The standard InChI is InChI=1S/C14H18F2INO.ClH/c15-14(16)9-18-7-3-4-11(8-18)10-19-13-6-2-1-5-12(13)17;/h1-2,5-6,11,14H,3-4,7-10H2;1H/t11-;/m0./s1. The molecule has 6 heteroatoms. The van der Waals surface area contributed by atoms with Crippen molar-refractivity contribution in [2.24, 2.45) is 5.92 Å². The Bertz CT molecular complexity index is 409. The molecule has 1 aliphatic heterocycles. The Morgan fingerprint density at radius 2 is 2.10 bits per heavy atom. The summed E-state index contributed by atoms with van der Waals surface area (Å²) < 4.78 is 31.6. The molecule has 2 nitrogen and oxygen atoms in total. The van der Waals surface area contributed by atoms with Gasteiger partial charge in [-0.1, -0.05) is 12.1 Å². The summed E-state index contributed by atoms with van der Waals surface area (Å²) in [6, 6.07) is 7.86. The van der Waals surface area contributed by atoms with Crippen molar-refractivity contribution in [2.75, 3.05) is 26.2 Å². The number of halogens is 4. The van der Waals surface area contributed by atoms with Gasteiger partial charge in [-0.05, 0) is 54.1 Å². The number of rotatable bonds is 5. The number of benzene rings is 1. The first-order chi connectivity index (χ1) is 9.15. The lowest BCUT2D eigenvalue weighted by molar-refractivity contribution is 0.0551. The second kappa shape index (κ2) is 9.00. The predicted octanol–water partition coefficient (Wildman–Crippen LogP) is 4.07. The largest absolute Gasteiger partial charge is 0.492 e. The summed E-state index contributed by atoms with van der Waals surface area (Å²) in [6.45, 7) is 2.00. The third-order valence-electron chi connectivity index (χ3n) is 3.31. The van der Waals surface area contributed by atoms with Gasteiger partial charge in [-0.3, -0.25) is 4.90 Å². The zero-order chi connectivity index (χ0) is 13.7. The summed E-state index contributed by atoms with van der Waals surface area (Å²) in [7, 11) is 0. The van der Waals surface area contributed by atoms with E-state index in [4.69, 9.17) is 4.74 Å². The Hall–Kier alpha value is -0.140. The van der Waals surface area contributed by atoms with E-state index in [2.05, 4.69) is 22.6 Å².